The largest absolute Gasteiger partial charge is 0.493 e. The molecule has 34 heavy (non-hydrogen) atoms. The quantitative estimate of drug-likeness (QED) is 0.430. The number of unbranched alkanes of at least 4 members (excludes halogenated alkanes) is 1. The van der Waals surface area contributed by atoms with Gasteiger partial charge >= 0.3 is 0 Å². The van der Waals surface area contributed by atoms with Gasteiger partial charge in [0.15, 0.2) is 11.5 Å². The van der Waals surface area contributed by atoms with Crippen molar-refractivity contribution in [2.45, 2.75) is 36.9 Å². The zero-order valence-electron chi connectivity index (χ0n) is 19.0. The highest BCUT2D eigenvalue weighted by Gasteiger charge is 2.85. The minimum Gasteiger partial charge on any atom is -0.493 e. The molecule has 0 radical (unpaired) electrons. The Labute approximate surface area is 195 Å². The second kappa shape index (κ2) is 7.30. The van der Waals surface area contributed by atoms with Crippen LogP contribution in [0.4, 0.5) is 0 Å². The number of Topliss-reactive ketones (excluding diaryl/α,β-unsaturated/α-hetero) is 1. The van der Waals surface area contributed by atoms with Crippen LogP contribution in [-0.2, 0) is 25.9 Å². The molecule has 2 aliphatic heterocycles. The fraction of sp³-hybridized carbons (Fsp3) is 0.360. The number of ether oxygens (including phenoxy) is 3. The van der Waals surface area contributed by atoms with Gasteiger partial charge in [0.1, 0.15) is 5.76 Å². The van der Waals surface area contributed by atoms with E-state index in [-0.39, 0.29) is 29.0 Å². The SMILES string of the molecule is CCCCN1C(=O)C(=O)C2=C(c3ccc(OC)c(OC)c3)OC3(O)c4ccccc4C(O)(O)C213. The van der Waals surface area contributed by atoms with Crippen molar-refractivity contribution in [3.05, 3.63) is 64.7 Å². The van der Waals surface area contributed by atoms with Crippen LogP contribution in [0.3, 0.4) is 0 Å². The summed E-state index contributed by atoms with van der Waals surface area (Å²) >= 11 is 0. The molecule has 3 N–H and O–H groups in total. The second-order valence-corrected chi connectivity index (χ2v) is 8.59. The van der Waals surface area contributed by atoms with Gasteiger partial charge in [0.25, 0.3) is 17.5 Å². The maximum atomic E-state index is 13.4. The Hall–Kier alpha value is -3.40. The van der Waals surface area contributed by atoms with Gasteiger partial charge in [0, 0.05) is 23.2 Å². The van der Waals surface area contributed by atoms with Crippen molar-refractivity contribution in [1.82, 2.24) is 4.90 Å². The molecule has 2 atom stereocenters. The number of amides is 1. The van der Waals surface area contributed by atoms with E-state index in [1.807, 2.05) is 6.92 Å². The Morgan fingerprint density at radius 3 is 2.29 bits per heavy atom. The van der Waals surface area contributed by atoms with Gasteiger partial charge < -0.3 is 34.4 Å². The Morgan fingerprint density at radius 1 is 0.971 bits per heavy atom. The van der Waals surface area contributed by atoms with Crippen LogP contribution < -0.4 is 9.47 Å². The lowest BCUT2D eigenvalue weighted by Crippen LogP contribution is -2.66. The summed E-state index contributed by atoms with van der Waals surface area (Å²) in [6.07, 6.45) is 1.15. The monoisotopic (exact) mass is 467 g/mol. The van der Waals surface area contributed by atoms with E-state index in [4.69, 9.17) is 14.2 Å². The molecule has 1 fully saturated rings. The molecule has 2 aromatic carbocycles. The maximum absolute atomic E-state index is 13.4. The average molecular weight is 467 g/mol. The van der Waals surface area contributed by atoms with E-state index in [1.54, 1.807) is 24.3 Å². The van der Waals surface area contributed by atoms with Gasteiger partial charge in [-0.2, -0.15) is 0 Å². The molecule has 0 saturated carbocycles. The highest BCUT2D eigenvalue weighted by atomic mass is 16.6. The fourth-order valence-electron chi connectivity index (χ4n) is 5.47. The van der Waals surface area contributed by atoms with Crippen molar-refractivity contribution in [1.29, 1.82) is 0 Å². The van der Waals surface area contributed by atoms with Crippen molar-refractivity contribution >= 4 is 17.4 Å². The predicted molar refractivity (Wildman–Crippen MR) is 118 cm³/mol. The number of carbonyl (C=O) groups excluding carboxylic acids is 2. The first kappa shape index (κ1) is 22.4. The molecule has 2 aromatic rings. The zero-order valence-corrected chi connectivity index (χ0v) is 19.0. The summed E-state index contributed by atoms with van der Waals surface area (Å²) in [5.41, 5.74) is -2.25. The zero-order chi connectivity index (χ0) is 24.5. The second-order valence-electron chi connectivity index (χ2n) is 8.59. The molecule has 0 bridgehead atoms. The van der Waals surface area contributed by atoms with Crippen molar-refractivity contribution in [2.75, 3.05) is 20.8 Å². The Kier molecular flexibility index (Phi) is 4.81. The molecule has 0 aromatic heterocycles. The molecule has 3 aliphatic rings. The van der Waals surface area contributed by atoms with Crippen LogP contribution in [-0.4, -0.2) is 58.2 Å². The predicted octanol–water partition coefficient (Wildman–Crippen LogP) is 1.39. The van der Waals surface area contributed by atoms with Crippen LogP contribution in [0.15, 0.2) is 48.0 Å². The minimum absolute atomic E-state index is 0.0202. The van der Waals surface area contributed by atoms with Gasteiger partial charge in [-0.1, -0.05) is 37.6 Å². The number of benzene rings is 2. The summed E-state index contributed by atoms with van der Waals surface area (Å²) < 4.78 is 16.7. The van der Waals surface area contributed by atoms with Crippen LogP contribution in [0.5, 0.6) is 11.5 Å². The number of ketones is 1. The maximum Gasteiger partial charge on any atom is 0.296 e. The van der Waals surface area contributed by atoms with Crippen molar-refractivity contribution in [3.63, 3.8) is 0 Å². The van der Waals surface area contributed by atoms with Gasteiger partial charge in [0.05, 0.1) is 19.8 Å². The smallest absolute Gasteiger partial charge is 0.296 e. The molecule has 1 saturated heterocycles. The molecular formula is C25H25NO8. The van der Waals surface area contributed by atoms with Gasteiger partial charge in [-0.05, 0) is 24.6 Å². The molecule has 1 amide bonds. The molecule has 9 heteroatoms. The Balaban J connectivity index is 1.84. The van der Waals surface area contributed by atoms with E-state index in [0.29, 0.717) is 29.9 Å². The average Bonchev–Trinajstić information content (AvgIpc) is 3.31. The van der Waals surface area contributed by atoms with E-state index in [1.165, 1.54) is 32.4 Å². The fourth-order valence-corrected chi connectivity index (χ4v) is 5.47. The number of likely N-dealkylation sites (tertiary alicyclic amines) is 1. The minimum atomic E-state index is -2.80. The summed E-state index contributed by atoms with van der Waals surface area (Å²) in [7, 11) is 2.92. The first-order valence-electron chi connectivity index (χ1n) is 11.0. The van der Waals surface area contributed by atoms with Crippen LogP contribution in [0.25, 0.3) is 5.76 Å². The van der Waals surface area contributed by atoms with Gasteiger partial charge in [-0.15, -0.1) is 0 Å². The van der Waals surface area contributed by atoms with E-state index >= 15 is 0 Å². The number of methoxy groups -OCH3 is 2. The van der Waals surface area contributed by atoms with Crippen LogP contribution >= 0.6 is 0 Å². The number of hydrogen-bond acceptors (Lipinski definition) is 8. The molecule has 5 rings (SSSR count). The van der Waals surface area contributed by atoms with Crippen LogP contribution in [0.1, 0.15) is 36.5 Å². The van der Waals surface area contributed by atoms with E-state index in [9.17, 15) is 24.9 Å². The van der Waals surface area contributed by atoms with E-state index in [2.05, 4.69) is 0 Å². The van der Waals surface area contributed by atoms with E-state index in [0.717, 1.165) is 4.90 Å². The molecule has 2 unspecified atom stereocenters. The Bertz CT molecular complexity index is 1250. The van der Waals surface area contributed by atoms with Gasteiger partial charge in [-0.3, -0.25) is 9.59 Å². The number of rotatable bonds is 6. The molecular weight excluding hydrogens is 442 g/mol. The summed E-state index contributed by atoms with van der Waals surface area (Å²) in [6, 6.07) is 10.8. The topological polar surface area (TPSA) is 126 Å². The standard InChI is InChI=1S/C25H25NO8/c1-4-5-12-26-22(28)20(27)19-21(14-10-11-17(32-2)18(13-14)33-3)34-25(31)16-9-7-6-8-15(16)24(29,30)23(19,25)26/h6-11,13,29-31H,4-5,12H2,1-3H3. The lowest BCUT2D eigenvalue weighted by Gasteiger charge is -2.45. The number of hydrogen-bond donors (Lipinski definition) is 3. The first-order valence-corrected chi connectivity index (χ1v) is 11.0. The first-order chi connectivity index (χ1) is 16.2. The van der Waals surface area contributed by atoms with Crippen molar-refractivity contribution < 1.29 is 39.1 Å². The summed E-state index contributed by atoms with van der Waals surface area (Å²) in [6.45, 7) is 1.92. The van der Waals surface area contributed by atoms with Crippen LogP contribution in [0.2, 0.25) is 0 Å². The number of fused-ring (bicyclic) bond motifs is 2. The third-order valence-corrected chi connectivity index (χ3v) is 6.95. The lowest BCUT2D eigenvalue weighted by atomic mass is 9.78. The highest BCUT2D eigenvalue weighted by Crippen LogP contribution is 2.67. The molecule has 178 valence electrons. The van der Waals surface area contributed by atoms with Gasteiger partial charge in [0.2, 0.25) is 11.3 Å². The number of carbonyl (C=O) groups is 2. The number of aliphatic hydroxyl groups is 3. The third kappa shape index (κ3) is 2.38. The van der Waals surface area contributed by atoms with Gasteiger partial charge in [-0.25, -0.2) is 0 Å². The molecule has 1 spiro atoms. The summed E-state index contributed by atoms with van der Waals surface area (Å²) in [5, 5.41) is 35.2. The molecule has 9 nitrogen and oxygen atoms in total. The van der Waals surface area contributed by atoms with Crippen LogP contribution in [0, 0.1) is 0 Å². The van der Waals surface area contributed by atoms with E-state index < -0.39 is 28.8 Å². The van der Waals surface area contributed by atoms with Crippen molar-refractivity contribution in [3.8, 4) is 11.5 Å². The summed E-state index contributed by atoms with van der Waals surface area (Å²) in [5.74, 6) is -6.48. The third-order valence-electron chi connectivity index (χ3n) is 6.95. The molecule has 1 aliphatic carbocycles. The highest BCUT2D eigenvalue weighted by molar-refractivity contribution is 6.48. The normalized spacial score (nSPS) is 26.4. The van der Waals surface area contributed by atoms with Crippen molar-refractivity contribution in [2.24, 2.45) is 0 Å². The molecule has 2 heterocycles. The lowest BCUT2D eigenvalue weighted by molar-refractivity contribution is -0.312. The summed E-state index contributed by atoms with van der Waals surface area (Å²) in [4.78, 5) is 27.7. The Morgan fingerprint density at radius 2 is 1.65 bits per heavy atom. The number of nitrogens with zero attached hydrogens (tertiary/aromatic N) is 1.